The van der Waals surface area contributed by atoms with E-state index in [9.17, 15) is 14.7 Å². The fraction of sp³-hybridized carbons (Fsp3) is 0.474. The molecule has 2 amide bonds. The fourth-order valence-electron chi connectivity index (χ4n) is 3.41. The third-order valence-electron chi connectivity index (χ3n) is 5.01. The zero-order valence-electron chi connectivity index (χ0n) is 14.0. The normalized spacial score (nSPS) is 24.3. The molecule has 5 nitrogen and oxygen atoms in total. The van der Waals surface area contributed by atoms with Crippen molar-refractivity contribution in [1.29, 1.82) is 0 Å². The molecular formula is C19H24N2O3. The molecule has 2 saturated heterocycles. The standard InChI is InChI=1S/C19H24N2O3/c1-14-11-20(12-16(14)13-22)18(23)9-6-15-4-7-17(8-5-15)21-10-2-3-19(21)24/h4-9,14,16,22H,2-3,10-13H2,1H3/b9-6+/t14-,16+/m1/s1. The fourth-order valence-corrected chi connectivity index (χ4v) is 3.41. The number of anilines is 1. The van der Waals surface area contributed by atoms with E-state index in [1.807, 2.05) is 24.3 Å². The summed E-state index contributed by atoms with van der Waals surface area (Å²) in [6.07, 6.45) is 4.93. The van der Waals surface area contributed by atoms with E-state index in [1.165, 1.54) is 0 Å². The summed E-state index contributed by atoms with van der Waals surface area (Å²) in [5.74, 6) is 0.677. The summed E-state index contributed by atoms with van der Waals surface area (Å²) >= 11 is 0. The number of hydrogen-bond donors (Lipinski definition) is 1. The Bertz CT molecular complexity index is 639. The Labute approximate surface area is 142 Å². The van der Waals surface area contributed by atoms with Gasteiger partial charge in [0.1, 0.15) is 0 Å². The molecule has 0 spiro atoms. The van der Waals surface area contributed by atoms with Gasteiger partial charge in [0.2, 0.25) is 11.8 Å². The van der Waals surface area contributed by atoms with E-state index in [0.29, 0.717) is 25.4 Å². The number of amides is 2. The molecule has 24 heavy (non-hydrogen) atoms. The molecule has 0 saturated carbocycles. The topological polar surface area (TPSA) is 60.9 Å². The first-order valence-electron chi connectivity index (χ1n) is 8.57. The van der Waals surface area contributed by atoms with Crippen molar-refractivity contribution in [2.24, 2.45) is 11.8 Å². The highest BCUT2D eigenvalue weighted by Gasteiger charge is 2.30. The van der Waals surface area contributed by atoms with Crippen molar-refractivity contribution in [2.75, 3.05) is 31.1 Å². The predicted octanol–water partition coefficient (Wildman–Crippen LogP) is 1.91. The maximum Gasteiger partial charge on any atom is 0.246 e. The van der Waals surface area contributed by atoms with Crippen LogP contribution in [-0.4, -0.2) is 48.1 Å². The van der Waals surface area contributed by atoms with Gasteiger partial charge >= 0.3 is 0 Å². The predicted molar refractivity (Wildman–Crippen MR) is 93.4 cm³/mol. The number of aliphatic hydroxyl groups is 1. The van der Waals surface area contributed by atoms with Crippen LogP contribution in [0.4, 0.5) is 5.69 Å². The number of carbonyl (C=O) groups excluding carboxylic acids is 2. The first kappa shape index (κ1) is 16.7. The van der Waals surface area contributed by atoms with Gasteiger partial charge in [0.05, 0.1) is 0 Å². The van der Waals surface area contributed by atoms with Gasteiger partial charge in [-0.3, -0.25) is 9.59 Å². The number of likely N-dealkylation sites (tertiary alicyclic amines) is 1. The molecule has 0 aliphatic carbocycles. The molecule has 2 heterocycles. The largest absolute Gasteiger partial charge is 0.396 e. The molecule has 0 bridgehead atoms. The number of aliphatic hydroxyl groups excluding tert-OH is 1. The molecule has 2 aliphatic rings. The number of nitrogens with zero attached hydrogens (tertiary/aromatic N) is 2. The molecule has 2 atom stereocenters. The Morgan fingerprint density at radius 1 is 1.29 bits per heavy atom. The van der Waals surface area contributed by atoms with Crippen molar-refractivity contribution in [3.05, 3.63) is 35.9 Å². The Kier molecular flexibility index (Phi) is 5.00. The Morgan fingerprint density at radius 2 is 2.04 bits per heavy atom. The van der Waals surface area contributed by atoms with Crippen LogP contribution in [0.1, 0.15) is 25.3 Å². The van der Waals surface area contributed by atoms with Crippen LogP contribution >= 0.6 is 0 Å². The molecular weight excluding hydrogens is 304 g/mol. The van der Waals surface area contributed by atoms with Crippen molar-refractivity contribution < 1.29 is 14.7 Å². The van der Waals surface area contributed by atoms with E-state index in [4.69, 9.17) is 0 Å². The third-order valence-corrected chi connectivity index (χ3v) is 5.01. The molecule has 1 N–H and O–H groups in total. The van der Waals surface area contributed by atoms with Gasteiger partial charge in [0.25, 0.3) is 0 Å². The average molecular weight is 328 g/mol. The maximum atomic E-state index is 12.2. The van der Waals surface area contributed by atoms with Crippen molar-refractivity contribution in [1.82, 2.24) is 4.90 Å². The molecule has 0 aromatic heterocycles. The quantitative estimate of drug-likeness (QED) is 0.859. The van der Waals surface area contributed by atoms with Gasteiger partial charge in [0.15, 0.2) is 0 Å². The van der Waals surface area contributed by atoms with Crippen LogP contribution in [0.3, 0.4) is 0 Å². The minimum Gasteiger partial charge on any atom is -0.396 e. The zero-order valence-corrected chi connectivity index (χ0v) is 14.0. The van der Waals surface area contributed by atoms with E-state index in [2.05, 4.69) is 6.92 Å². The van der Waals surface area contributed by atoms with E-state index < -0.39 is 0 Å². The van der Waals surface area contributed by atoms with Crippen LogP contribution < -0.4 is 4.90 Å². The molecule has 0 unspecified atom stereocenters. The van der Waals surface area contributed by atoms with E-state index >= 15 is 0 Å². The summed E-state index contributed by atoms with van der Waals surface area (Å²) in [5, 5.41) is 9.29. The highest BCUT2D eigenvalue weighted by atomic mass is 16.3. The summed E-state index contributed by atoms with van der Waals surface area (Å²) < 4.78 is 0. The van der Waals surface area contributed by atoms with Crippen LogP contribution in [0.2, 0.25) is 0 Å². The molecule has 1 aromatic carbocycles. The molecule has 5 heteroatoms. The molecule has 1 aromatic rings. The third kappa shape index (κ3) is 3.51. The van der Waals surface area contributed by atoms with Crippen LogP contribution in [0, 0.1) is 11.8 Å². The van der Waals surface area contributed by atoms with Crippen molar-refractivity contribution in [2.45, 2.75) is 19.8 Å². The Hall–Kier alpha value is -2.14. The SMILES string of the molecule is C[C@@H]1CN(C(=O)/C=C/c2ccc(N3CCCC3=O)cc2)C[C@H]1CO. The smallest absolute Gasteiger partial charge is 0.246 e. The van der Waals surface area contributed by atoms with Crippen molar-refractivity contribution >= 4 is 23.6 Å². The molecule has 2 fully saturated rings. The lowest BCUT2D eigenvalue weighted by atomic mass is 10.00. The van der Waals surface area contributed by atoms with E-state index in [1.54, 1.807) is 22.0 Å². The summed E-state index contributed by atoms with van der Waals surface area (Å²) in [5.41, 5.74) is 1.85. The molecule has 128 valence electrons. The van der Waals surface area contributed by atoms with Gasteiger partial charge in [-0.1, -0.05) is 19.1 Å². The van der Waals surface area contributed by atoms with Gasteiger partial charge in [-0.25, -0.2) is 0 Å². The first-order chi connectivity index (χ1) is 11.6. The van der Waals surface area contributed by atoms with Crippen LogP contribution in [-0.2, 0) is 9.59 Å². The lowest BCUT2D eigenvalue weighted by molar-refractivity contribution is -0.125. The summed E-state index contributed by atoms with van der Waals surface area (Å²) in [4.78, 5) is 27.6. The first-order valence-corrected chi connectivity index (χ1v) is 8.57. The Morgan fingerprint density at radius 3 is 2.62 bits per heavy atom. The second-order valence-corrected chi connectivity index (χ2v) is 6.74. The van der Waals surface area contributed by atoms with Crippen LogP contribution in [0.5, 0.6) is 0 Å². The molecule has 0 radical (unpaired) electrons. The minimum atomic E-state index is -0.0170. The lowest BCUT2D eigenvalue weighted by Gasteiger charge is -2.15. The Balaban J connectivity index is 1.60. The molecule has 3 rings (SSSR count). The monoisotopic (exact) mass is 328 g/mol. The number of hydrogen-bond acceptors (Lipinski definition) is 3. The van der Waals surface area contributed by atoms with Crippen molar-refractivity contribution in [3.8, 4) is 0 Å². The molecule has 2 aliphatic heterocycles. The number of carbonyl (C=O) groups is 2. The highest BCUT2D eigenvalue weighted by molar-refractivity contribution is 5.95. The van der Waals surface area contributed by atoms with Gasteiger partial charge in [0, 0.05) is 50.3 Å². The summed E-state index contributed by atoms with van der Waals surface area (Å²) in [6, 6.07) is 7.70. The van der Waals surface area contributed by atoms with E-state index in [0.717, 1.165) is 24.2 Å². The van der Waals surface area contributed by atoms with Gasteiger partial charge in [-0.2, -0.15) is 0 Å². The van der Waals surface area contributed by atoms with Crippen molar-refractivity contribution in [3.63, 3.8) is 0 Å². The zero-order chi connectivity index (χ0) is 17.1. The van der Waals surface area contributed by atoms with E-state index in [-0.39, 0.29) is 24.3 Å². The van der Waals surface area contributed by atoms with Gasteiger partial charge in [-0.15, -0.1) is 0 Å². The number of rotatable bonds is 4. The summed E-state index contributed by atoms with van der Waals surface area (Å²) in [7, 11) is 0. The van der Waals surface area contributed by atoms with Gasteiger partial charge < -0.3 is 14.9 Å². The second-order valence-electron chi connectivity index (χ2n) is 6.74. The maximum absolute atomic E-state index is 12.2. The van der Waals surface area contributed by atoms with Gasteiger partial charge in [-0.05, 0) is 36.1 Å². The minimum absolute atomic E-state index is 0.0170. The highest BCUT2D eigenvalue weighted by Crippen LogP contribution is 2.23. The lowest BCUT2D eigenvalue weighted by Crippen LogP contribution is -2.27. The average Bonchev–Trinajstić information content (AvgIpc) is 3.18. The number of benzene rings is 1. The summed E-state index contributed by atoms with van der Waals surface area (Å²) in [6.45, 7) is 4.30. The van der Waals surface area contributed by atoms with Crippen LogP contribution in [0.15, 0.2) is 30.3 Å². The van der Waals surface area contributed by atoms with Crippen LogP contribution in [0.25, 0.3) is 6.08 Å². The second kappa shape index (κ2) is 7.18.